The molecule has 0 aliphatic carbocycles. The molecule has 56 heavy (non-hydrogen) atoms. The summed E-state index contributed by atoms with van der Waals surface area (Å²) >= 11 is 0. The predicted molar refractivity (Wildman–Crippen MR) is 227 cm³/mol. The highest BCUT2D eigenvalue weighted by molar-refractivity contribution is 6.13. The van der Waals surface area contributed by atoms with E-state index in [4.69, 9.17) is 23.8 Å². The molecule has 3 aromatic heterocycles. The van der Waals surface area contributed by atoms with Gasteiger partial charge >= 0.3 is 0 Å². The average molecular weight is 718 g/mol. The molecule has 3 heterocycles. The van der Waals surface area contributed by atoms with Crippen LogP contribution in [0.3, 0.4) is 0 Å². The summed E-state index contributed by atoms with van der Waals surface area (Å²) in [5, 5.41) is 4.03. The Morgan fingerprint density at radius 2 is 0.732 bits per heavy atom. The van der Waals surface area contributed by atoms with Crippen molar-refractivity contribution >= 4 is 43.9 Å². The number of fused-ring (bicyclic) bond motifs is 6. The van der Waals surface area contributed by atoms with Gasteiger partial charge in [0.05, 0.1) is 0 Å². The van der Waals surface area contributed by atoms with E-state index in [0.29, 0.717) is 17.5 Å². The minimum atomic E-state index is 0.574. The molecule has 5 nitrogen and oxygen atoms in total. The number of hydrogen-bond donors (Lipinski definition) is 0. The van der Waals surface area contributed by atoms with Gasteiger partial charge in [-0.15, -0.1) is 0 Å². The standard InChI is InChI=1S/C51H31N3O2/c1-3-12-32(13-4-1)34-16-9-17-35(28-34)36-18-10-19-37(29-36)38-24-26-46-43(30-38)48-41(21-11-23-47(48)56-46)51-53-49(33-14-5-2-6-15-33)52-50(54-51)39-25-27-45-42(31-39)40-20-7-8-22-44(40)55-45/h1-31H. The van der Waals surface area contributed by atoms with Gasteiger partial charge in [-0.1, -0.05) is 133 Å². The summed E-state index contributed by atoms with van der Waals surface area (Å²) in [5.41, 5.74) is 12.9. The number of furan rings is 2. The minimum absolute atomic E-state index is 0.574. The molecule has 11 aromatic rings. The molecule has 5 heteroatoms. The Bertz CT molecular complexity index is 3250. The molecule has 0 aliphatic heterocycles. The minimum Gasteiger partial charge on any atom is -0.456 e. The van der Waals surface area contributed by atoms with Gasteiger partial charge in [0.25, 0.3) is 0 Å². The third kappa shape index (κ3) is 5.53. The lowest BCUT2D eigenvalue weighted by atomic mass is 9.95. The van der Waals surface area contributed by atoms with Crippen molar-refractivity contribution in [2.24, 2.45) is 0 Å². The monoisotopic (exact) mass is 717 g/mol. The van der Waals surface area contributed by atoms with Crippen molar-refractivity contribution in [2.45, 2.75) is 0 Å². The van der Waals surface area contributed by atoms with E-state index in [0.717, 1.165) is 77.3 Å². The summed E-state index contributed by atoms with van der Waals surface area (Å²) in [4.78, 5) is 15.3. The van der Waals surface area contributed by atoms with Gasteiger partial charge in [0.1, 0.15) is 22.3 Å². The molecular weight excluding hydrogens is 687 g/mol. The fraction of sp³-hybridized carbons (Fsp3) is 0. The van der Waals surface area contributed by atoms with Crippen LogP contribution in [-0.4, -0.2) is 15.0 Å². The van der Waals surface area contributed by atoms with Crippen LogP contribution in [0.1, 0.15) is 0 Å². The van der Waals surface area contributed by atoms with E-state index in [1.165, 1.54) is 16.7 Å². The molecule has 262 valence electrons. The van der Waals surface area contributed by atoms with Crippen LogP contribution >= 0.6 is 0 Å². The number of aromatic nitrogens is 3. The predicted octanol–water partition coefficient (Wildman–Crippen LogP) is 13.7. The van der Waals surface area contributed by atoms with Gasteiger partial charge in [-0.05, 0) is 88.0 Å². The summed E-state index contributed by atoms with van der Waals surface area (Å²) in [6.07, 6.45) is 0. The van der Waals surface area contributed by atoms with E-state index in [2.05, 4.69) is 109 Å². The second-order valence-corrected chi connectivity index (χ2v) is 14.0. The largest absolute Gasteiger partial charge is 0.456 e. The second kappa shape index (κ2) is 13.0. The lowest BCUT2D eigenvalue weighted by Gasteiger charge is -2.10. The van der Waals surface area contributed by atoms with Crippen molar-refractivity contribution in [1.29, 1.82) is 0 Å². The quantitative estimate of drug-likeness (QED) is 0.171. The number of para-hydroxylation sites is 1. The fourth-order valence-corrected chi connectivity index (χ4v) is 7.79. The van der Waals surface area contributed by atoms with Gasteiger partial charge in [-0.25, -0.2) is 15.0 Å². The summed E-state index contributed by atoms with van der Waals surface area (Å²) < 4.78 is 12.6. The van der Waals surface area contributed by atoms with Gasteiger partial charge in [-0.2, -0.15) is 0 Å². The van der Waals surface area contributed by atoms with Crippen LogP contribution in [0.4, 0.5) is 0 Å². The number of rotatable bonds is 6. The molecule has 0 spiro atoms. The summed E-state index contributed by atoms with van der Waals surface area (Å²) in [6, 6.07) is 64.8. The van der Waals surface area contributed by atoms with E-state index in [-0.39, 0.29) is 0 Å². The maximum absolute atomic E-state index is 6.48. The molecule has 0 bridgehead atoms. The third-order valence-electron chi connectivity index (χ3n) is 10.5. The average Bonchev–Trinajstić information content (AvgIpc) is 3.85. The molecule has 0 amide bonds. The molecule has 0 radical (unpaired) electrons. The number of hydrogen-bond acceptors (Lipinski definition) is 5. The summed E-state index contributed by atoms with van der Waals surface area (Å²) in [6.45, 7) is 0. The Labute approximate surface area is 322 Å². The van der Waals surface area contributed by atoms with Gasteiger partial charge in [0, 0.05) is 38.2 Å². The summed E-state index contributed by atoms with van der Waals surface area (Å²) in [7, 11) is 0. The molecule has 0 atom stereocenters. The van der Waals surface area contributed by atoms with Crippen LogP contribution in [-0.2, 0) is 0 Å². The highest BCUT2D eigenvalue weighted by Crippen LogP contribution is 2.40. The molecule has 8 aromatic carbocycles. The SMILES string of the molecule is c1ccc(-c2cccc(-c3cccc(-c4ccc5oc6cccc(-c7nc(-c8ccccc8)nc(-c8ccc9oc%10ccccc%10c9c8)n7)c6c5c4)c3)c2)cc1. The lowest BCUT2D eigenvalue weighted by Crippen LogP contribution is -2.00. The smallest absolute Gasteiger partial charge is 0.164 e. The first kappa shape index (κ1) is 31.9. The molecule has 0 fully saturated rings. The topological polar surface area (TPSA) is 65.0 Å². The van der Waals surface area contributed by atoms with Crippen LogP contribution in [0.25, 0.3) is 111 Å². The molecule has 11 rings (SSSR count). The molecule has 0 N–H and O–H groups in total. The highest BCUT2D eigenvalue weighted by atomic mass is 16.3. The molecule has 0 aliphatic rings. The highest BCUT2D eigenvalue weighted by Gasteiger charge is 2.19. The van der Waals surface area contributed by atoms with E-state index < -0.39 is 0 Å². The first-order chi connectivity index (χ1) is 27.7. The molecule has 0 unspecified atom stereocenters. The normalized spacial score (nSPS) is 11.6. The Kier molecular flexibility index (Phi) is 7.42. The first-order valence-electron chi connectivity index (χ1n) is 18.7. The number of benzene rings is 8. The Morgan fingerprint density at radius 1 is 0.268 bits per heavy atom. The molecular formula is C51H31N3O2. The molecule has 0 saturated heterocycles. The Morgan fingerprint density at radius 3 is 1.46 bits per heavy atom. The fourth-order valence-electron chi connectivity index (χ4n) is 7.79. The molecule has 0 saturated carbocycles. The van der Waals surface area contributed by atoms with Crippen molar-refractivity contribution in [3.8, 4) is 67.5 Å². The van der Waals surface area contributed by atoms with Crippen molar-refractivity contribution < 1.29 is 8.83 Å². The van der Waals surface area contributed by atoms with Gasteiger partial charge < -0.3 is 8.83 Å². The van der Waals surface area contributed by atoms with Crippen molar-refractivity contribution in [3.63, 3.8) is 0 Å². The van der Waals surface area contributed by atoms with E-state index >= 15 is 0 Å². The van der Waals surface area contributed by atoms with Crippen LogP contribution < -0.4 is 0 Å². The van der Waals surface area contributed by atoms with Gasteiger partial charge in [0.15, 0.2) is 17.5 Å². The van der Waals surface area contributed by atoms with Crippen molar-refractivity contribution in [3.05, 3.63) is 188 Å². The third-order valence-corrected chi connectivity index (χ3v) is 10.5. The lowest BCUT2D eigenvalue weighted by molar-refractivity contribution is 0.668. The zero-order valence-electron chi connectivity index (χ0n) is 30.1. The van der Waals surface area contributed by atoms with Crippen LogP contribution in [0.5, 0.6) is 0 Å². The maximum Gasteiger partial charge on any atom is 0.164 e. The number of nitrogens with zero attached hydrogens (tertiary/aromatic N) is 3. The van der Waals surface area contributed by atoms with Crippen LogP contribution in [0, 0.1) is 0 Å². The second-order valence-electron chi connectivity index (χ2n) is 14.0. The van der Waals surface area contributed by atoms with Gasteiger partial charge in [0.2, 0.25) is 0 Å². The van der Waals surface area contributed by atoms with Crippen molar-refractivity contribution in [2.75, 3.05) is 0 Å². The zero-order valence-corrected chi connectivity index (χ0v) is 30.1. The Balaban J connectivity index is 1.05. The van der Waals surface area contributed by atoms with E-state index in [1.807, 2.05) is 78.9 Å². The van der Waals surface area contributed by atoms with Crippen LogP contribution in [0.2, 0.25) is 0 Å². The van der Waals surface area contributed by atoms with E-state index in [9.17, 15) is 0 Å². The van der Waals surface area contributed by atoms with Gasteiger partial charge in [-0.3, -0.25) is 0 Å². The zero-order chi connectivity index (χ0) is 37.0. The van der Waals surface area contributed by atoms with Crippen LogP contribution in [0.15, 0.2) is 197 Å². The maximum atomic E-state index is 6.48. The Hall–Kier alpha value is -7.63. The van der Waals surface area contributed by atoms with E-state index in [1.54, 1.807) is 0 Å². The summed E-state index contributed by atoms with van der Waals surface area (Å²) in [5.74, 6) is 1.76. The van der Waals surface area contributed by atoms with Crippen molar-refractivity contribution in [1.82, 2.24) is 15.0 Å². The first-order valence-corrected chi connectivity index (χ1v) is 18.7.